The molecule has 4 heteroatoms. The summed E-state index contributed by atoms with van der Waals surface area (Å²) >= 11 is 0. The molecule has 126 valence electrons. The maximum atomic E-state index is 4.80. The Kier molecular flexibility index (Phi) is 5.04. The third-order valence-electron chi connectivity index (χ3n) is 4.23. The van der Waals surface area contributed by atoms with Gasteiger partial charge in [-0.05, 0) is 37.1 Å². The highest BCUT2D eigenvalue weighted by molar-refractivity contribution is 5.91. The fourth-order valence-electron chi connectivity index (χ4n) is 3.16. The SMILES string of the molecule is CCCN(CCC)c1cccc2nc(Nc3ccccc3)n(C)c12. The van der Waals surface area contributed by atoms with Crippen molar-refractivity contribution in [2.45, 2.75) is 26.7 Å². The molecule has 1 N–H and O–H groups in total. The topological polar surface area (TPSA) is 33.1 Å². The van der Waals surface area contributed by atoms with Crippen LogP contribution in [0, 0.1) is 0 Å². The number of aryl methyl sites for hydroxylation is 1. The van der Waals surface area contributed by atoms with E-state index in [9.17, 15) is 0 Å². The van der Waals surface area contributed by atoms with Crippen LogP contribution in [0.25, 0.3) is 11.0 Å². The van der Waals surface area contributed by atoms with E-state index in [2.05, 4.69) is 66.0 Å². The Bertz CT molecular complexity index is 786. The molecule has 0 unspecified atom stereocenters. The Morgan fingerprint density at radius 1 is 0.958 bits per heavy atom. The fraction of sp³-hybridized carbons (Fsp3) is 0.350. The van der Waals surface area contributed by atoms with E-state index < -0.39 is 0 Å². The van der Waals surface area contributed by atoms with Crippen LogP contribution in [0.3, 0.4) is 0 Å². The highest BCUT2D eigenvalue weighted by Gasteiger charge is 2.15. The Labute approximate surface area is 144 Å². The van der Waals surface area contributed by atoms with Gasteiger partial charge in [0, 0.05) is 25.8 Å². The van der Waals surface area contributed by atoms with Crippen LogP contribution in [0.1, 0.15) is 26.7 Å². The van der Waals surface area contributed by atoms with Gasteiger partial charge in [-0.3, -0.25) is 0 Å². The largest absolute Gasteiger partial charge is 0.370 e. The lowest BCUT2D eigenvalue weighted by Crippen LogP contribution is -2.25. The van der Waals surface area contributed by atoms with Gasteiger partial charge in [0.15, 0.2) is 0 Å². The summed E-state index contributed by atoms with van der Waals surface area (Å²) in [6, 6.07) is 16.6. The first-order chi connectivity index (χ1) is 11.7. The van der Waals surface area contributed by atoms with Crippen molar-refractivity contribution in [1.82, 2.24) is 9.55 Å². The molecular formula is C20H26N4. The average Bonchev–Trinajstić information content (AvgIpc) is 2.92. The summed E-state index contributed by atoms with van der Waals surface area (Å²) in [5.41, 5.74) is 4.55. The van der Waals surface area contributed by atoms with Gasteiger partial charge in [-0.1, -0.05) is 38.1 Å². The second-order valence-electron chi connectivity index (χ2n) is 6.12. The quantitative estimate of drug-likeness (QED) is 0.668. The van der Waals surface area contributed by atoms with E-state index in [-0.39, 0.29) is 0 Å². The second-order valence-corrected chi connectivity index (χ2v) is 6.12. The molecule has 0 atom stereocenters. The van der Waals surface area contributed by atoms with Gasteiger partial charge in [0.1, 0.15) is 0 Å². The number of imidazole rings is 1. The van der Waals surface area contributed by atoms with Crippen LogP contribution in [0.5, 0.6) is 0 Å². The fourth-order valence-corrected chi connectivity index (χ4v) is 3.16. The number of hydrogen-bond acceptors (Lipinski definition) is 3. The number of para-hydroxylation sites is 2. The van der Waals surface area contributed by atoms with Crippen LogP contribution in [0.2, 0.25) is 0 Å². The standard InChI is InChI=1S/C20H26N4/c1-4-14-24(15-5-2)18-13-9-12-17-19(18)23(3)20(22-17)21-16-10-7-6-8-11-16/h6-13H,4-5,14-15H2,1-3H3,(H,21,22). The minimum absolute atomic E-state index is 0.872. The van der Waals surface area contributed by atoms with Gasteiger partial charge in [-0.15, -0.1) is 0 Å². The summed E-state index contributed by atoms with van der Waals surface area (Å²) in [6.07, 6.45) is 2.28. The monoisotopic (exact) mass is 322 g/mol. The van der Waals surface area contributed by atoms with E-state index in [1.165, 1.54) is 11.2 Å². The summed E-state index contributed by atoms with van der Waals surface area (Å²) in [7, 11) is 2.08. The van der Waals surface area contributed by atoms with E-state index in [0.29, 0.717) is 0 Å². The molecule has 0 aliphatic rings. The average molecular weight is 322 g/mol. The zero-order valence-corrected chi connectivity index (χ0v) is 14.8. The van der Waals surface area contributed by atoms with E-state index in [1.807, 2.05) is 18.2 Å². The first kappa shape index (κ1) is 16.4. The number of benzene rings is 2. The van der Waals surface area contributed by atoms with Crippen molar-refractivity contribution in [3.8, 4) is 0 Å². The van der Waals surface area contributed by atoms with Crippen molar-refractivity contribution in [2.75, 3.05) is 23.3 Å². The lowest BCUT2D eigenvalue weighted by molar-refractivity contribution is 0.745. The van der Waals surface area contributed by atoms with Crippen molar-refractivity contribution in [2.24, 2.45) is 7.05 Å². The predicted octanol–water partition coefficient (Wildman–Crippen LogP) is 4.94. The number of hydrogen-bond donors (Lipinski definition) is 1. The number of fused-ring (bicyclic) bond motifs is 1. The first-order valence-corrected chi connectivity index (χ1v) is 8.77. The van der Waals surface area contributed by atoms with E-state index in [1.54, 1.807) is 0 Å². The molecule has 3 aromatic rings. The summed E-state index contributed by atoms with van der Waals surface area (Å²) in [5, 5.41) is 3.43. The minimum atomic E-state index is 0.872. The molecular weight excluding hydrogens is 296 g/mol. The number of nitrogens with zero attached hydrogens (tertiary/aromatic N) is 3. The third-order valence-corrected chi connectivity index (χ3v) is 4.23. The molecule has 1 heterocycles. The number of rotatable bonds is 7. The third kappa shape index (κ3) is 3.23. The maximum Gasteiger partial charge on any atom is 0.208 e. The van der Waals surface area contributed by atoms with Crippen molar-refractivity contribution in [3.63, 3.8) is 0 Å². The van der Waals surface area contributed by atoms with Crippen LogP contribution in [0.4, 0.5) is 17.3 Å². The van der Waals surface area contributed by atoms with Gasteiger partial charge in [0.05, 0.1) is 16.7 Å². The number of nitrogens with one attached hydrogen (secondary N) is 1. The lowest BCUT2D eigenvalue weighted by Gasteiger charge is -2.24. The molecule has 0 aliphatic heterocycles. The summed E-state index contributed by atoms with van der Waals surface area (Å²) in [5.74, 6) is 0.872. The number of aromatic nitrogens is 2. The van der Waals surface area contributed by atoms with Crippen LogP contribution >= 0.6 is 0 Å². The zero-order chi connectivity index (χ0) is 16.9. The van der Waals surface area contributed by atoms with Gasteiger partial charge in [0.2, 0.25) is 5.95 Å². The molecule has 2 aromatic carbocycles. The molecule has 1 aromatic heterocycles. The molecule has 0 aliphatic carbocycles. The second kappa shape index (κ2) is 7.39. The molecule has 24 heavy (non-hydrogen) atoms. The van der Waals surface area contributed by atoms with Gasteiger partial charge in [0.25, 0.3) is 0 Å². The molecule has 4 nitrogen and oxygen atoms in total. The van der Waals surface area contributed by atoms with Crippen molar-refractivity contribution in [3.05, 3.63) is 48.5 Å². The Morgan fingerprint density at radius 3 is 2.33 bits per heavy atom. The molecule has 0 saturated carbocycles. The maximum absolute atomic E-state index is 4.80. The first-order valence-electron chi connectivity index (χ1n) is 8.77. The van der Waals surface area contributed by atoms with E-state index in [0.717, 1.165) is 43.1 Å². The van der Waals surface area contributed by atoms with Crippen LogP contribution in [-0.2, 0) is 7.05 Å². The Hall–Kier alpha value is -2.49. The minimum Gasteiger partial charge on any atom is -0.370 e. The molecule has 0 spiro atoms. The molecule has 3 rings (SSSR count). The summed E-state index contributed by atoms with van der Waals surface area (Å²) in [4.78, 5) is 7.26. The zero-order valence-electron chi connectivity index (χ0n) is 14.8. The molecule has 0 radical (unpaired) electrons. The molecule has 0 bridgehead atoms. The number of anilines is 3. The summed E-state index contributed by atoms with van der Waals surface area (Å²) in [6.45, 7) is 6.60. The molecule has 0 amide bonds. The lowest BCUT2D eigenvalue weighted by atomic mass is 10.2. The van der Waals surface area contributed by atoms with Gasteiger partial charge >= 0.3 is 0 Å². The predicted molar refractivity (Wildman–Crippen MR) is 103 cm³/mol. The van der Waals surface area contributed by atoms with Crippen molar-refractivity contribution < 1.29 is 0 Å². The van der Waals surface area contributed by atoms with Crippen LogP contribution in [-0.4, -0.2) is 22.6 Å². The Balaban J connectivity index is 2.03. The van der Waals surface area contributed by atoms with Crippen LogP contribution in [0.15, 0.2) is 48.5 Å². The van der Waals surface area contributed by atoms with Crippen LogP contribution < -0.4 is 10.2 Å². The van der Waals surface area contributed by atoms with Gasteiger partial charge in [-0.25, -0.2) is 4.98 Å². The van der Waals surface area contributed by atoms with Gasteiger partial charge < -0.3 is 14.8 Å². The normalized spacial score (nSPS) is 11.0. The van der Waals surface area contributed by atoms with Crippen molar-refractivity contribution >= 4 is 28.4 Å². The van der Waals surface area contributed by atoms with Gasteiger partial charge in [-0.2, -0.15) is 0 Å². The van der Waals surface area contributed by atoms with E-state index >= 15 is 0 Å². The van der Waals surface area contributed by atoms with E-state index in [4.69, 9.17) is 4.98 Å². The summed E-state index contributed by atoms with van der Waals surface area (Å²) < 4.78 is 2.16. The highest BCUT2D eigenvalue weighted by atomic mass is 15.2. The Morgan fingerprint density at radius 2 is 1.67 bits per heavy atom. The molecule has 0 saturated heterocycles. The smallest absolute Gasteiger partial charge is 0.208 e. The highest BCUT2D eigenvalue weighted by Crippen LogP contribution is 2.30. The molecule has 0 fully saturated rings. The van der Waals surface area contributed by atoms with Crippen molar-refractivity contribution in [1.29, 1.82) is 0 Å².